The van der Waals surface area contributed by atoms with Gasteiger partial charge in [-0.05, 0) is 50.6 Å². The van der Waals surface area contributed by atoms with Crippen LogP contribution in [0.15, 0.2) is 0 Å². The number of hydrogen-bond acceptors (Lipinski definition) is 2. The number of hydrogen-bond donors (Lipinski definition) is 2. The third-order valence-electron chi connectivity index (χ3n) is 3.77. The number of piperidine rings is 1. The minimum absolute atomic E-state index is 0.0110. The van der Waals surface area contributed by atoms with Gasteiger partial charge >= 0.3 is 0 Å². The minimum atomic E-state index is 0.0110. The van der Waals surface area contributed by atoms with Crippen LogP contribution in [0.4, 0.5) is 0 Å². The monoisotopic (exact) mass is 183 g/mol. The van der Waals surface area contributed by atoms with E-state index in [2.05, 4.69) is 5.32 Å². The number of nitrogens with one attached hydrogen (secondary N) is 1. The highest BCUT2D eigenvalue weighted by Crippen LogP contribution is 2.34. The molecule has 2 unspecified atom stereocenters. The Balaban J connectivity index is 1.88. The van der Waals surface area contributed by atoms with Gasteiger partial charge in [0.2, 0.25) is 0 Å². The highest BCUT2D eigenvalue weighted by Gasteiger charge is 2.30. The Labute approximate surface area is 80.7 Å². The molecule has 0 radical (unpaired) electrons. The van der Waals surface area contributed by atoms with E-state index in [1.165, 1.54) is 32.1 Å². The fourth-order valence-electron chi connectivity index (χ4n) is 2.96. The normalized spacial score (nSPS) is 37.6. The van der Waals surface area contributed by atoms with Crippen molar-refractivity contribution >= 4 is 0 Å². The Morgan fingerprint density at radius 3 is 2.31 bits per heavy atom. The van der Waals surface area contributed by atoms with Crippen LogP contribution in [0.1, 0.15) is 38.5 Å². The van der Waals surface area contributed by atoms with E-state index in [9.17, 15) is 5.11 Å². The summed E-state index contributed by atoms with van der Waals surface area (Å²) in [6.07, 6.45) is 7.47. The summed E-state index contributed by atoms with van der Waals surface area (Å²) in [6.45, 7) is 2.32. The van der Waals surface area contributed by atoms with Gasteiger partial charge < -0.3 is 10.4 Å². The van der Waals surface area contributed by atoms with Crippen molar-refractivity contribution in [2.45, 2.75) is 44.6 Å². The third-order valence-corrected chi connectivity index (χ3v) is 3.77. The zero-order valence-electron chi connectivity index (χ0n) is 8.34. The lowest BCUT2D eigenvalue weighted by Gasteiger charge is -2.36. The summed E-state index contributed by atoms with van der Waals surface area (Å²) in [6, 6.07) is 0. The van der Waals surface area contributed by atoms with Crippen LogP contribution in [0.5, 0.6) is 0 Å². The molecule has 1 saturated heterocycles. The number of aliphatic hydroxyl groups excluding tert-OH is 1. The van der Waals surface area contributed by atoms with Gasteiger partial charge in [0.1, 0.15) is 0 Å². The molecule has 2 aliphatic rings. The smallest absolute Gasteiger partial charge is 0.0571 e. The first-order valence-corrected chi connectivity index (χ1v) is 5.76. The Morgan fingerprint density at radius 2 is 1.62 bits per heavy atom. The molecule has 0 bridgehead atoms. The van der Waals surface area contributed by atoms with Crippen LogP contribution in [0.3, 0.4) is 0 Å². The SMILES string of the molecule is OC1CCCCC1C1CCNCC1. The van der Waals surface area contributed by atoms with Gasteiger partial charge in [-0.2, -0.15) is 0 Å². The first-order chi connectivity index (χ1) is 6.38. The Kier molecular flexibility index (Phi) is 3.23. The molecule has 2 fully saturated rings. The van der Waals surface area contributed by atoms with E-state index in [1.807, 2.05) is 0 Å². The predicted molar refractivity (Wildman–Crippen MR) is 53.6 cm³/mol. The van der Waals surface area contributed by atoms with Crippen LogP contribution in [0.25, 0.3) is 0 Å². The molecule has 0 aromatic carbocycles. The molecular formula is C11H21NO. The quantitative estimate of drug-likeness (QED) is 0.646. The standard InChI is InChI=1S/C11H21NO/c13-11-4-2-1-3-10(11)9-5-7-12-8-6-9/h9-13H,1-8H2. The van der Waals surface area contributed by atoms with Crippen LogP contribution in [-0.4, -0.2) is 24.3 Å². The third kappa shape index (κ3) is 2.23. The highest BCUT2D eigenvalue weighted by molar-refractivity contribution is 4.83. The van der Waals surface area contributed by atoms with Crippen molar-refractivity contribution in [2.24, 2.45) is 11.8 Å². The van der Waals surface area contributed by atoms with Crippen molar-refractivity contribution in [3.8, 4) is 0 Å². The maximum absolute atomic E-state index is 9.90. The lowest BCUT2D eigenvalue weighted by Crippen LogP contribution is -2.37. The summed E-state index contributed by atoms with van der Waals surface area (Å²) in [5.74, 6) is 1.42. The van der Waals surface area contributed by atoms with E-state index in [4.69, 9.17) is 0 Å². The lowest BCUT2D eigenvalue weighted by molar-refractivity contribution is 0.0278. The van der Waals surface area contributed by atoms with Crippen LogP contribution in [-0.2, 0) is 0 Å². The molecule has 2 atom stereocenters. The number of rotatable bonds is 1. The van der Waals surface area contributed by atoms with Crippen molar-refractivity contribution in [1.29, 1.82) is 0 Å². The van der Waals surface area contributed by atoms with Crippen molar-refractivity contribution in [2.75, 3.05) is 13.1 Å². The maximum atomic E-state index is 9.90. The predicted octanol–water partition coefficient (Wildman–Crippen LogP) is 1.54. The zero-order valence-corrected chi connectivity index (χ0v) is 8.34. The second-order valence-electron chi connectivity index (χ2n) is 4.60. The molecule has 1 heterocycles. The fraction of sp³-hybridized carbons (Fsp3) is 1.00. The number of aliphatic hydroxyl groups is 1. The van der Waals surface area contributed by atoms with E-state index in [0.717, 1.165) is 25.4 Å². The molecular weight excluding hydrogens is 162 g/mol. The molecule has 1 aliphatic carbocycles. The van der Waals surface area contributed by atoms with Gasteiger partial charge in [-0.25, -0.2) is 0 Å². The summed E-state index contributed by atoms with van der Waals surface area (Å²) in [7, 11) is 0. The van der Waals surface area contributed by atoms with Crippen LogP contribution in [0, 0.1) is 11.8 Å². The average Bonchev–Trinajstić information content (AvgIpc) is 2.20. The molecule has 13 heavy (non-hydrogen) atoms. The molecule has 2 heteroatoms. The van der Waals surface area contributed by atoms with E-state index in [-0.39, 0.29) is 6.10 Å². The van der Waals surface area contributed by atoms with Crippen LogP contribution < -0.4 is 5.32 Å². The first kappa shape index (κ1) is 9.47. The van der Waals surface area contributed by atoms with Crippen LogP contribution >= 0.6 is 0 Å². The Hall–Kier alpha value is -0.0800. The molecule has 0 aromatic rings. The summed E-state index contributed by atoms with van der Waals surface area (Å²) >= 11 is 0. The van der Waals surface area contributed by atoms with Crippen molar-refractivity contribution in [3.63, 3.8) is 0 Å². The molecule has 0 amide bonds. The Morgan fingerprint density at radius 1 is 0.923 bits per heavy atom. The lowest BCUT2D eigenvalue weighted by atomic mass is 9.74. The Bertz CT molecular complexity index is 154. The topological polar surface area (TPSA) is 32.3 Å². The largest absolute Gasteiger partial charge is 0.393 e. The van der Waals surface area contributed by atoms with E-state index >= 15 is 0 Å². The van der Waals surface area contributed by atoms with Crippen LogP contribution in [0.2, 0.25) is 0 Å². The summed E-state index contributed by atoms with van der Waals surface area (Å²) in [4.78, 5) is 0. The molecule has 76 valence electrons. The van der Waals surface area contributed by atoms with Gasteiger partial charge in [0.05, 0.1) is 6.10 Å². The average molecular weight is 183 g/mol. The molecule has 2 rings (SSSR count). The molecule has 2 N–H and O–H groups in total. The zero-order chi connectivity index (χ0) is 9.10. The van der Waals surface area contributed by atoms with Gasteiger partial charge in [0.15, 0.2) is 0 Å². The first-order valence-electron chi connectivity index (χ1n) is 5.76. The van der Waals surface area contributed by atoms with Gasteiger partial charge in [0.25, 0.3) is 0 Å². The van der Waals surface area contributed by atoms with Gasteiger partial charge in [-0.3, -0.25) is 0 Å². The van der Waals surface area contributed by atoms with Crippen molar-refractivity contribution in [3.05, 3.63) is 0 Å². The summed E-state index contributed by atoms with van der Waals surface area (Å²) in [5, 5.41) is 13.3. The van der Waals surface area contributed by atoms with Gasteiger partial charge in [-0.1, -0.05) is 12.8 Å². The molecule has 0 aromatic heterocycles. The minimum Gasteiger partial charge on any atom is -0.393 e. The van der Waals surface area contributed by atoms with E-state index in [0.29, 0.717) is 5.92 Å². The van der Waals surface area contributed by atoms with Crippen molar-refractivity contribution < 1.29 is 5.11 Å². The molecule has 1 aliphatic heterocycles. The second kappa shape index (κ2) is 4.43. The highest BCUT2D eigenvalue weighted by atomic mass is 16.3. The summed E-state index contributed by atoms with van der Waals surface area (Å²) < 4.78 is 0. The maximum Gasteiger partial charge on any atom is 0.0571 e. The van der Waals surface area contributed by atoms with E-state index in [1.54, 1.807) is 0 Å². The second-order valence-corrected chi connectivity index (χ2v) is 4.60. The van der Waals surface area contributed by atoms with Gasteiger partial charge in [-0.15, -0.1) is 0 Å². The van der Waals surface area contributed by atoms with Gasteiger partial charge in [0, 0.05) is 0 Å². The molecule has 2 nitrogen and oxygen atoms in total. The molecule has 1 saturated carbocycles. The van der Waals surface area contributed by atoms with Crippen molar-refractivity contribution in [1.82, 2.24) is 5.32 Å². The summed E-state index contributed by atoms with van der Waals surface area (Å²) in [5.41, 5.74) is 0. The van der Waals surface area contributed by atoms with E-state index < -0.39 is 0 Å². The molecule has 0 spiro atoms. The fourth-order valence-corrected chi connectivity index (χ4v) is 2.96.